The van der Waals surface area contributed by atoms with Gasteiger partial charge in [-0.2, -0.15) is 0 Å². The highest BCUT2D eigenvalue weighted by Crippen LogP contribution is 2.30. The lowest BCUT2D eigenvalue weighted by molar-refractivity contribution is -0.169. The van der Waals surface area contributed by atoms with Crippen molar-refractivity contribution in [2.24, 2.45) is 0 Å². The van der Waals surface area contributed by atoms with Gasteiger partial charge in [0.2, 0.25) is 0 Å². The Balaban J connectivity index is 1.82. The molecular weight excluding hydrogens is 432 g/mol. The molecule has 4 rings (SSSR count). The van der Waals surface area contributed by atoms with E-state index in [2.05, 4.69) is 0 Å². The molecule has 34 heavy (non-hydrogen) atoms. The van der Waals surface area contributed by atoms with Crippen molar-refractivity contribution >= 4 is 11.9 Å². The lowest BCUT2D eigenvalue weighted by Crippen LogP contribution is -2.23. The summed E-state index contributed by atoms with van der Waals surface area (Å²) in [4.78, 5) is 24.9. The van der Waals surface area contributed by atoms with E-state index in [4.69, 9.17) is 9.47 Å². The van der Waals surface area contributed by atoms with Crippen LogP contribution in [-0.2, 0) is 28.9 Å². The Bertz CT molecular complexity index is 1130. The molecule has 1 atom stereocenters. The number of rotatable bonds is 9. The molecule has 0 radical (unpaired) electrons. The van der Waals surface area contributed by atoms with Crippen LogP contribution in [0.25, 0.3) is 0 Å². The summed E-state index contributed by atoms with van der Waals surface area (Å²) in [6.07, 6.45) is 2.94. The molecule has 1 aliphatic rings. The Morgan fingerprint density at radius 1 is 0.853 bits per heavy atom. The summed E-state index contributed by atoms with van der Waals surface area (Å²) in [6.45, 7) is 0.706. The topological polar surface area (TPSA) is 93.1 Å². The van der Waals surface area contributed by atoms with E-state index in [9.17, 15) is 19.8 Å². The molecular formula is C28H28O6. The number of hydrogen-bond acceptors (Lipinski definition) is 4. The Hall–Kier alpha value is -3.48. The van der Waals surface area contributed by atoms with Gasteiger partial charge in [0.25, 0.3) is 0 Å². The Morgan fingerprint density at radius 3 is 2.00 bits per heavy atom. The molecule has 0 bridgehead atoms. The molecule has 176 valence electrons. The first kappa shape index (κ1) is 23.7. The van der Waals surface area contributed by atoms with E-state index in [0.29, 0.717) is 29.7 Å². The summed E-state index contributed by atoms with van der Waals surface area (Å²) in [5, 5.41) is 20.3. The number of ether oxygens (including phenoxy) is 2. The SMILES string of the molecule is O=C(O)c1cc(COC2CCCCO2)c(Cc2ccccc2)c(C(=O)O)c1Cc1ccccc1. The van der Waals surface area contributed by atoms with E-state index in [1.807, 2.05) is 60.7 Å². The van der Waals surface area contributed by atoms with Crippen LogP contribution < -0.4 is 0 Å². The number of carboxylic acids is 2. The quantitative estimate of drug-likeness (QED) is 0.450. The number of carbonyl (C=O) groups is 2. The Morgan fingerprint density at radius 2 is 1.47 bits per heavy atom. The molecule has 1 unspecified atom stereocenters. The standard InChI is InChI=1S/C28H28O6/c29-27(30)24-17-21(18-34-25-13-7-8-14-33-25)22(15-19-9-3-1-4-10-19)26(28(31)32)23(24)16-20-11-5-2-6-12-20/h1-6,9-12,17,25H,7-8,13-16,18H2,(H,29,30)(H,31,32). The second kappa shape index (κ2) is 11.1. The van der Waals surface area contributed by atoms with E-state index < -0.39 is 11.9 Å². The molecule has 1 saturated heterocycles. The van der Waals surface area contributed by atoms with Gasteiger partial charge in [0.05, 0.1) is 17.7 Å². The predicted molar refractivity (Wildman–Crippen MR) is 127 cm³/mol. The van der Waals surface area contributed by atoms with Crippen LogP contribution in [0.15, 0.2) is 66.7 Å². The van der Waals surface area contributed by atoms with Gasteiger partial charge in [-0.25, -0.2) is 9.59 Å². The minimum atomic E-state index is -1.16. The number of benzene rings is 3. The third-order valence-corrected chi connectivity index (χ3v) is 6.09. The van der Waals surface area contributed by atoms with Crippen LogP contribution in [0.5, 0.6) is 0 Å². The number of aromatic carboxylic acids is 2. The highest BCUT2D eigenvalue weighted by atomic mass is 16.7. The highest BCUT2D eigenvalue weighted by Gasteiger charge is 2.26. The van der Waals surface area contributed by atoms with Crippen molar-refractivity contribution in [1.82, 2.24) is 0 Å². The van der Waals surface area contributed by atoms with Crippen LogP contribution in [0.4, 0.5) is 0 Å². The fourth-order valence-corrected chi connectivity index (χ4v) is 4.41. The van der Waals surface area contributed by atoms with Crippen LogP contribution in [0.1, 0.15) is 67.8 Å². The number of carboxylic acid groups (broad SMARTS) is 2. The summed E-state index contributed by atoms with van der Waals surface area (Å²) < 4.78 is 11.6. The fraction of sp³-hybridized carbons (Fsp3) is 0.286. The molecule has 0 saturated carbocycles. The van der Waals surface area contributed by atoms with Gasteiger partial charge in [-0.15, -0.1) is 0 Å². The molecule has 0 aliphatic carbocycles. The van der Waals surface area contributed by atoms with Crippen LogP contribution in [0.2, 0.25) is 0 Å². The van der Waals surface area contributed by atoms with Crippen molar-refractivity contribution in [2.45, 2.75) is 45.0 Å². The van der Waals surface area contributed by atoms with Gasteiger partial charge in [-0.1, -0.05) is 60.7 Å². The third-order valence-electron chi connectivity index (χ3n) is 6.09. The second-order valence-electron chi connectivity index (χ2n) is 8.46. The molecule has 0 amide bonds. The molecule has 1 fully saturated rings. The summed E-state index contributed by atoms with van der Waals surface area (Å²) >= 11 is 0. The highest BCUT2D eigenvalue weighted by molar-refractivity contribution is 5.98. The van der Waals surface area contributed by atoms with Crippen molar-refractivity contribution in [3.05, 3.63) is 106 Å². The average molecular weight is 461 g/mol. The largest absolute Gasteiger partial charge is 0.478 e. The van der Waals surface area contributed by atoms with Crippen molar-refractivity contribution in [3.8, 4) is 0 Å². The average Bonchev–Trinajstić information content (AvgIpc) is 2.85. The fourth-order valence-electron chi connectivity index (χ4n) is 4.41. The third kappa shape index (κ3) is 5.71. The van der Waals surface area contributed by atoms with Crippen molar-refractivity contribution < 1.29 is 29.3 Å². The molecule has 0 aromatic heterocycles. The lowest BCUT2D eigenvalue weighted by atomic mass is 9.85. The normalized spacial score (nSPS) is 15.7. The minimum absolute atomic E-state index is 0.0128. The molecule has 1 aliphatic heterocycles. The molecule has 3 aromatic rings. The maximum absolute atomic E-state index is 12.6. The first-order valence-electron chi connectivity index (χ1n) is 11.5. The van der Waals surface area contributed by atoms with E-state index >= 15 is 0 Å². The number of hydrogen-bond donors (Lipinski definition) is 2. The lowest BCUT2D eigenvalue weighted by Gasteiger charge is -2.24. The van der Waals surface area contributed by atoms with E-state index in [0.717, 1.165) is 30.4 Å². The van der Waals surface area contributed by atoms with E-state index in [1.165, 1.54) is 0 Å². The summed E-state index contributed by atoms with van der Waals surface area (Å²) in [5.41, 5.74) is 3.24. The zero-order chi connectivity index (χ0) is 23.9. The Labute approximate surface area is 198 Å². The zero-order valence-electron chi connectivity index (χ0n) is 18.9. The molecule has 0 spiro atoms. The summed E-state index contributed by atoms with van der Waals surface area (Å²) in [7, 11) is 0. The van der Waals surface area contributed by atoms with Crippen LogP contribution in [0.3, 0.4) is 0 Å². The van der Waals surface area contributed by atoms with Gasteiger partial charge >= 0.3 is 11.9 Å². The van der Waals surface area contributed by atoms with E-state index in [1.54, 1.807) is 6.07 Å². The molecule has 3 aromatic carbocycles. The predicted octanol–water partition coefficient (Wildman–Crippen LogP) is 5.31. The van der Waals surface area contributed by atoms with Crippen LogP contribution >= 0.6 is 0 Å². The Kier molecular flexibility index (Phi) is 7.72. The first-order chi connectivity index (χ1) is 16.5. The maximum atomic E-state index is 12.6. The van der Waals surface area contributed by atoms with Crippen molar-refractivity contribution in [3.63, 3.8) is 0 Å². The maximum Gasteiger partial charge on any atom is 0.336 e. The smallest absolute Gasteiger partial charge is 0.336 e. The van der Waals surface area contributed by atoms with Crippen LogP contribution in [0, 0.1) is 0 Å². The van der Waals surface area contributed by atoms with Crippen LogP contribution in [-0.4, -0.2) is 35.0 Å². The van der Waals surface area contributed by atoms with Gasteiger partial charge in [-0.05, 0) is 66.0 Å². The molecule has 6 nitrogen and oxygen atoms in total. The summed E-state index contributed by atoms with van der Waals surface area (Å²) in [6, 6.07) is 20.5. The zero-order valence-corrected chi connectivity index (χ0v) is 18.9. The van der Waals surface area contributed by atoms with Gasteiger partial charge in [0, 0.05) is 6.61 Å². The molecule has 2 N–H and O–H groups in total. The molecule has 6 heteroatoms. The van der Waals surface area contributed by atoms with Crippen molar-refractivity contribution in [1.29, 1.82) is 0 Å². The van der Waals surface area contributed by atoms with Crippen molar-refractivity contribution in [2.75, 3.05) is 6.61 Å². The van der Waals surface area contributed by atoms with Gasteiger partial charge in [0.15, 0.2) is 6.29 Å². The molecule has 1 heterocycles. The van der Waals surface area contributed by atoms with Gasteiger partial charge in [0.1, 0.15) is 0 Å². The first-order valence-corrected chi connectivity index (χ1v) is 11.5. The monoisotopic (exact) mass is 460 g/mol. The summed E-state index contributed by atoms with van der Waals surface area (Å²) in [5.74, 6) is -2.30. The minimum Gasteiger partial charge on any atom is -0.478 e. The van der Waals surface area contributed by atoms with Gasteiger partial charge < -0.3 is 19.7 Å². The van der Waals surface area contributed by atoms with E-state index in [-0.39, 0.29) is 30.4 Å². The van der Waals surface area contributed by atoms with Gasteiger partial charge in [-0.3, -0.25) is 0 Å². The second-order valence-corrected chi connectivity index (χ2v) is 8.46.